The van der Waals surface area contributed by atoms with Gasteiger partial charge in [-0.1, -0.05) is 43.3 Å². The van der Waals surface area contributed by atoms with Crippen LogP contribution in [0.15, 0.2) is 52.1 Å². The first-order chi connectivity index (χ1) is 12.5. The molecule has 1 N–H and O–H groups in total. The predicted molar refractivity (Wildman–Crippen MR) is 103 cm³/mol. The van der Waals surface area contributed by atoms with Crippen LogP contribution in [-0.4, -0.2) is 31.7 Å². The van der Waals surface area contributed by atoms with Crippen molar-refractivity contribution in [3.05, 3.63) is 53.4 Å². The highest BCUT2D eigenvalue weighted by Crippen LogP contribution is 2.27. The van der Waals surface area contributed by atoms with Crippen molar-refractivity contribution in [3.63, 3.8) is 0 Å². The molecule has 1 aliphatic heterocycles. The molecule has 1 amide bonds. The molecule has 2 aromatic rings. The molecule has 1 fully saturated rings. The van der Waals surface area contributed by atoms with Crippen LogP contribution in [0.4, 0.5) is 0 Å². The Morgan fingerprint density at radius 3 is 2.69 bits per heavy atom. The van der Waals surface area contributed by atoms with Crippen LogP contribution in [0.1, 0.15) is 37.8 Å². The number of hydrogen-bond acceptors (Lipinski definition) is 4. The largest absolute Gasteiger partial charge is 0.349 e. The lowest BCUT2D eigenvalue weighted by Crippen LogP contribution is -2.45. The number of hydrogen-bond donors (Lipinski definition) is 1. The average molecular weight is 393 g/mol. The Balaban J connectivity index is 1.68. The van der Waals surface area contributed by atoms with Gasteiger partial charge in [0.2, 0.25) is 5.91 Å². The Morgan fingerprint density at radius 1 is 1.27 bits per heavy atom. The lowest BCUT2D eigenvalue weighted by atomic mass is 9.97. The summed E-state index contributed by atoms with van der Waals surface area (Å²) in [5, 5.41) is 4.86. The van der Waals surface area contributed by atoms with E-state index in [4.69, 9.17) is 0 Å². The van der Waals surface area contributed by atoms with Gasteiger partial charge in [0.15, 0.2) is 0 Å². The summed E-state index contributed by atoms with van der Waals surface area (Å²) in [5.74, 6) is -0.372. The van der Waals surface area contributed by atoms with Crippen LogP contribution in [0, 0.1) is 5.92 Å². The van der Waals surface area contributed by atoms with E-state index < -0.39 is 10.0 Å². The van der Waals surface area contributed by atoms with E-state index in [1.54, 1.807) is 17.5 Å². The summed E-state index contributed by atoms with van der Waals surface area (Å²) in [6.07, 6.45) is 2.21. The minimum absolute atomic E-state index is 0.0482. The Kier molecular flexibility index (Phi) is 6.11. The lowest BCUT2D eigenvalue weighted by molar-refractivity contribution is -0.126. The quantitative estimate of drug-likeness (QED) is 0.819. The molecule has 1 aliphatic rings. The molecule has 0 spiro atoms. The van der Waals surface area contributed by atoms with Crippen LogP contribution >= 0.6 is 11.3 Å². The molecule has 1 aromatic heterocycles. The van der Waals surface area contributed by atoms with E-state index in [1.165, 1.54) is 15.6 Å². The number of piperidine rings is 1. The molecular formula is C19H24N2O3S2. The van der Waals surface area contributed by atoms with E-state index in [0.29, 0.717) is 23.6 Å². The number of nitrogens with one attached hydrogen (secondary N) is 1. The van der Waals surface area contributed by atoms with Gasteiger partial charge in [-0.05, 0) is 36.3 Å². The zero-order valence-corrected chi connectivity index (χ0v) is 16.4. The second-order valence-electron chi connectivity index (χ2n) is 6.51. The first-order valence-corrected chi connectivity index (χ1v) is 11.2. The predicted octanol–water partition coefficient (Wildman–Crippen LogP) is 3.42. The monoisotopic (exact) mass is 392 g/mol. The summed E-state index contributed by atoms with van der Waals surface area (Å²) in [6, 6.07) is 13.2. The molecule has 7 heteroatoms. The summed E-state index contributed by atoms with van der Waals surface area (Å²) >= 11 is 1.21. The van der Waals surface area contributed by atoms with E-state index in [-0.39, 0.29) is 24.4 Å². The highest BCUT2D eigenvalue weighted by molar-refractivity contribution is 7.91. The molecule has 1 saturated heterocycles. The zero-order valence-electron chi connectivity index (χ0n) is 14.8. The maximum Gasteiger partial charge on any atom is 0.252 e. The third-order valence-electron chi connectivity index (χ3n) is 4.77. The Morgan fingerprint density at radius 2 is 2.04 bits per heavy atom. The third-order valence-corrected chi connectivity index (χ3v) is 8.01. The molecule has 3 rings (SSSR count). The second-order valence-corrected chi connectivity index (χ2v) is 9.63. The third kappa shape index (κ3) is 4.16. The van der Waals surface area contributed by atoms with E-state index in [2.05, 4.69) is 5.32 Å². The van der Waals surface area contributed by atoms with Crippen LogP contribution in [0.25, 0.3) is 0 Å². The zero-order chi connectivity index (χ0) is 18.6. The maximum atomic E-state index is 12.8. The van der Waals surface area contributed by atoms with Crippen molar-refractivity contribution in [3.8, 4) is 0 Å². The van der Waals surface area contributed by atoms with E-state index in [0.717, 1.165) is 12.0 Å². The summed E-state index contributed by atoms with van der Waals surface area (Å²) in [4.78, 5) is 12.8. The average Bonchev–Trinajstić information content (AvgIpc) is 3.22. The molecule has 0 aliphatic carbocycles. The van der Waals surface area contributed by atoms with Gasteiger partial charge in [0.25, 0.3) is 10.0 Å². The summed E-state index contributed by atoms with van der Waals surface area (Å²) < 4.78 is 27.2. The minimum Gasteiger partial charge on any atom is -0.349 e. The van der Waals surface area contributed by atoms with E-state index in [9.17, 15) is 13.2 Å². The normalized spacial score (nSPS) is 19.8. The van der Waals surface area contributed by atoms with Gasteiger partial charge in [-0.3, -0.25) is 4.79 Å². The molecular weight excluding hydrogens is 368 g/mol. The number of thiophene rings is 1. The van der Waals surface area contributed by atoms with Crippen LogP contribution < -0.4 is 5.32 Å². The number of sulfonamides is 1. The number of benzene rings is 1. The number of amides is 1. The number of carbonyl (C=O) groups excluding carboxylic acids is 1. The molecule has 5 nitrogen and oxygen atoms in total. The Labute approximate surface area is 159 Å². The fourth-order valence-electron chi connectivity index (χ4n) is 3.31. The van der Waals surface area contributed by atoms with Crippen molar-refractivity contribution in [1.29, 1.82) is 0 Å². The van der Waals surface area contributed by atoms with Gasteiger partial charge >= 0.3 is 0 Å². The van der Waals surface area contributed by atoms with Gasteiger partial charge in [-0.15, -0.1) is 11.3 Å². The second kappa shape index (κ2) is 8.33. The van der Waals surface area contributed by atoms with Gasteiger partial charge in [0.05, 0.1) is 12.0 Å². The van der Waals surface area contributed by atoms with Crippen LogP contribution in [0.3, 0.4) is 0 Å². The minimum atomic E-state index is -3.50. The van der Waals surface area contributed by atoms with Gasteiger partial charge in [-0.2, -0.15) is 4.31 Å². The van der Waals surface area contributed by atoms with Gasteiger partial charge in [-0.25, -0.2) is 8.42 Å². The topological polar surface area (TPSA) is 66.5 Å². The van der Waals surface area contributed by atoms with Gasteiger partial charge < -0.3 is 5.32 Å². The van der Waals surface area contributed by atoms with Crippen molar-refractivity contribution >= 4 is 27.3 Å². The summed E-state index contributed by atoms with van der Waals surface area (Å²) in [5.41, 5.74) is 1.07. The molecule has 2 atom stereocenters. The molecule has 0 saturated carbocycles. The van der Waals surface area contributed by atoms with Crippen molar-refractivity contribution < 1.29 is 13.2 Å². The molecule has 0 radical (unpaired) electrons. The smallest absolute Gasteiger partial charge is 0.252 e. The number of carbonyl (C=O) groups is 1. The molecule has 140 valence electrons. The standard InChI is InChI=1S/C19H24N2O3S2/c1-2-17(15-8-4-3-5-9-15)20-19(22)16-10-6-12-21(14-16)26(23,24)18-11-7-13-25-18/h3-5,7-9,11,13,16-17H,2,6,10,12,14H2,1H3,(H,20,22)/t16-,17-/m0/s1. The molecule has 0 bridgehead atoms. The van der Waals surface area contributed by atoms with E-state index >= 15 is 0 Å². The maximum absolute atomic E-state index is 12.8. The lowest BCUT2D eigenvalue weighted by Gasteiger charge is -2.31. The number of nitrogens with zero attached hydrogens (tertiary/aromatic N) is 1. The van der Waals surface area contributed by atoms with Crippen LogP contribution in [0.2, 0.25) is 0 Å². The van der Waals surface area contributed by atoms with Crippen LogP contribution in [-0.2, 0) is 14.8 Å². The molecule has 0 unspecified atom stereocenters. The summed E-state index contributed by atoms with van der Waals surface area (Å²) in [7, 11) is -3.50. The van der Waals surface area contributed by atoms with Crippen LogP contribution in [0.5, 0.6) is 0 Å². The highest BCUT2D eigenvalue weighted by Gasteiger charge is 2.34. The molecule has 2 heterocycles. The van der Waals surface area contributed by atoms with Crippen molar-refractivity contribution in [2.75, 3.05) is 13.1 Å². The fraction of sp³-hybridized carbons (Fsp3) is 0.421. The highest BCUT2D eigenvalue weighted by atomic mass is 32.2. The Bertz CT molecular complexity index is 820. The van der Waals surface area contributed by atoms with Gasteiger partial charge in [0, 0.05) is 13.1 Å². The van der Waals surface area contributed by atoms with Crippen molar-refractivity contribution in [2.45, 2.75) is 36.4 Å². The Hall–Kier alpha value is -1.70. The SMILES string of the molecule is CC[C@H](NC(=O)[C@H]1CCCN(S(=O)(=O)c2cccs2)C1)c1ccccc1. The van der Waals surface area contributed by atoms with Crippen molar-refractivity contribution in [1.82, 2.24) is 9.62 Å². The van der Waals surface area contributed by atoms with Crippen molar-refractivity contribution in [2.24, 2.45) is 5.92 Å². The molecule has 1 aromatic carbocycles. The first kappa shape index (κ1) is 19.1. The first-order valence-electron chi connectivity index (χ1n) is 8.91. The fourth-order valence-corrected chi connectivity index (χ4v) is 5.98. The van der Waals surface area contributed by atoms with E-state index in [1.807, 2.05) is 37.3 Å². The number of rotatable bonds is 6. The summed E-state index contributed by atoms with van der Waals surface area (Å²) in [6.45, 7) is 2.75. The van der Waals surface area contributed by atoms with Gasteiger partial charge in [0.1, 0.15) is 4.21 Å². The molecule has 26 heavy (non-hydrogen) atoms.